The molecule has 14 heavy (non-hydrogen) atoms. The van der Waals surface area contributed by atoms with E-state index in [0.717, 1.165) is 29.8 Å². The quantitative estimate of drug-likeness (QED) is 0.237. The van der Waals surface area contributed by atoms with E-state index in [1.807, 2.05) is 6.92 Å². The summed E-state index contributed by atoms with van der Waals surface area (Å²) in [7, 11) is 0. The highest BCUT2D eigenvalue weighted by Crippen LogP contribution is 2.05. The van der Waals surface area contributed by atoms with Gasteiger partial charge in [0.2, 0.25) is 0 Å². The number of hydrazine groups is 1. The smallest absolute Gasteiger partial charge is 0.261 e. The Labute approximate surface area is 85.9 Å². The lowest BCUT2D eigenvalue weighted by Gasteiger charge is -2.10. The Morgan fingerprint density at radius 1 is 1.64 bits per heavy atom. The number of amides is 1. The molecule has 0 spiro atoms. The van der Waals surface area contributed by atoms with Gasteiger partial charge in [-0.05, 0) is 19.8 Å². The van der Waals surface area contributed by atoms with Crippen molar-refractivity contribution in [3.63, 3.8) is 0 Å². The molecule has 0 unspecified atom stereocenters. The first-order valence-electron chi connectivity index (χ1n) is 4.78. The summed E-state index contributed by atoms with van der Waals surface area (Å²) in [6, 6.07) is 0. The molecule has 0 saturated heterocycles. The number of allylic oxidation sites excluding steroid dienone is 1. The minimum atomic E-state index is -0.225. The van der Waals surface area contributed by atoms with E-state index in [2.05, 4.69) is 12.8 Å². The topological polar surface area (TPSA) is 46.3 Å². The van der Waals surface area contributed by atoms with Gasteiger partial charge in [0.05, 0.1) is 6.54 Å². The highest BCUT2D eigenvalue weighted by molar-refractivity contribution is 5.87. The summed E-state index contributed by atoms with van der Waals surface area (Å²) < 4.78 is 0. The van der Waals surface area contributed by atoms with Gasteiger partial charge in [0, 0.05) is 6.08 Å². The Morgan fingerprint density at radius 2 is 2.29 bits per heavy atom. The summed E-state index contributed by atoms with van der Waals surface area (Å²) in [5.41, 5.74) is 1.05. The van der Waals surface area contributed by atoms with Crippen molar-refractivity contribution in [3.8, 4) is 12.3 Å². The highest BCUT2D eigenvalue weighted by Gasteiger charge is 2.04. The number of terminal acetylenes is 1. The van der Waals surface area contributed by atoms with Crippen LogP contribution in [0.25, 0.3) is 0 Å². The first-order chi connectivity index (χ1) is 6.61. The van der Waals surface area contributed by atoms with Crippen LogP contribution in [0.3, 0.4) is 0 Å². The lowest BCUT2D eigenvalue weighted by molar-refractivity contribution is -0.125. The van der Waals surface area contributed by atoms with Crippen LogP contribution in [0.2, 0.25) is 0 Å². The number of unbranched alkanes of at least 4 members (excludes halogenated alkanes) is 1. The fraction of sp³-hybridized carbons (Fsp3) is 0.545. The molecule has 0 saturated carbocycles. The van der Waals surface area contributed by atoms with E-state index in [1.165, 1.54) is 0 Å². The van der Waals surface area contributed by atoms with Gasteiger partial charge in [-0.2, -0.15) is 0 Å². The monoisotopic (exact) mass is 194 g/mol. The van der Waals surface area contributed by atoms with Gasteiger partial charge in [0.15, 0.2) is 0 Å². The molecule has 0 bridgehead atoms. The molecule has 0 aliphatic rings. The van der Waals surface area contributed by atoms with E-state index in [1.54, 1.807) is 6.08 Å². The third kappa shape index (κ3) is 5.39. The van der Waals surface area contributed by atoms with Gasteiger partial charge in [-0.1, -0.05) is 24.8 Å². The number of hydrogen-bond acceptors (Lipinski definition) is 2. The van der Waals surface area contributed by atoms with Crippen LogP contribution in [0.1, 0.15) is 33.1 Å². The van der Waals surface area contributed by atoms with Crippen molar-refractivity contribution >= 4 is 5.91 Å². The minimum Gasteiger partial charge on any atom is -0.268 e. The molecule has 0 aliphatic carbocycles. The van der Waals surface area contributed by atoms with Crippen molar-refractivity contribution in [2.75, 3.05) is 6.54 Å². The summed E-state index contributed by atoms with van der Waals surface area (Å²) in [6.45, 7) is 4.19. The Kier molecular flexibility index (Phi) is 6.51. The highest BCUT2D eigenvalue weighted by atomic mass is 16.2. The molecule has 78 valence electrons. The van der Waals surface area contributed by atoms with E-state index in [0.29, 0.717) is 0 Å². The van der Waals surface area contributed by atoms with E-state index in [-0.39, 0.29) is 12.5 Å². The number of hydrogen-bond donors (Lipinski definition) is 1. The number of nitrogens with two attached hydrogens (primary N) is 1. The van der Waals surface area contributed by atoms with Crippen molar-refractivity contribution in [2.24, 2.45) is 5.84 Å². The maximum Gasteiger partial charge on any atom is 0.261 e. The van der Waals surface area contributed by atoms with Crippen LogP contribution in [0.5, 0.6) is 0 Å². The van der Waals surface area contributed by atoms with Crippen LogP contribution in [-0.2, 0) is 4.79 Å². The van der Waals surface area contributed by atoms with Crippen LogP contribution in [-0.4, -0.2) is 17.5 Å². The van der Waals surface area contributed by atoms with Crippen LogP contribution in [0, 0.1) is 12.3 Å². The van der Waals surface area contributed by atoms with Crippen molar-refractivity contribution in [2.45, 2.75) is 33.1 Å². The zero-order chi connectivity index (χ0) is 11.0. The third-order valence-corrected chi connectivity index (χ3v) is 1.84. The fourth-order valence-corrected chi connectivity index (χ4v) is 0.998. The summed E-state index contributed by atoms with van der Waals surface area (Å²) in [4.78, 5) is 11.3. The molecule has 1 amide bonds. The molecule has 0 fully saturated rings. The van der Waals surface area contributed by atoms with E-state index >= 15 is 0 Å². The number of rotatable bonds is 5. The summed E-state index contributed by atoms with van der Waals surface area (Å²) in [6.07, 6.45) is 9.73. The molecule has 0 aromatic heterocycles. The van der Waals surface area contributed by atoms with Gasteiger partial charge in [-0.3, -0.25) is 9.80 Å². The predicted molar refractivity (Wildman–Crippen MR) is 58.0 cm³/mol. The first kappa shape index (κ1) is 12.7. The molecular formula is C11H18N2O. The third-order valence-electron chi connectivity index (χ3n) is 1.84. The molecule has 0 atom stereocenters. The zero-order valence-corrected chi connectivity index (χ0v) is 8.92. The Hall–Kier alpha value is -1.27. The van der Waals surface area contributed by atoms with E-state index < -0.39 is 0 Å². The van der Waals surface area contributed by atoms with Crippen molar-refractivity contribution in [1.82, 2.24) is 5.01 Å². The average Bonchev–Trinajstić information content (AvgIpc) is 2.15. The summed E-state index contributed by atoms with van der Waals surface area (Å²) in [5.74, 6) is 7.49. The standard InChI is InChI=1S/C11H18N2O/c1-4-6-7-10(3)9-11(14)13(12)8-5-2/h2,9H,4,6-8,12H2,1,3H3/b10-9+. The van der Waals surface area contributed by atoms with Crippen molar-refractivity contribution < 1.29 is 4.79 Å². The van der Waals surface area contributed by atoms with E-state index in [9.17, 15) is 4.79 Å². The summed E-state index contributed by atoms with van der Waals surface area (Å²) >= 11 is 0. The van der Waals surface area contributed by atoms with E-state index in [4.69, 9.17) is 12.3 Å². The lowest BCUT2D eigenvalue weighted by Crippen LogP contribution is -2.36. The predicted octanol–water partition coefficient (Wildman–Crippen LogP) is 1.46. The average molecular weight is 194 g/mol. The second kappa shape index (κ2) is 7.16. The van der Waals surface area contributed by atoms with Gasteiger partial charge >= 0.3 is 0 Å². The van der Waals surface area contributed by atoms with Gasteiger partial charge < -0.3 is 0 Å². The maximum absolute atomic E-state index is 11.3. The molecule has 3 nitrogen and oxygen atoms in total. The van der Waals surface area contributed by atoms with Crippen LogP contribution in [0.4, 0.5) is 0 Å². The minimum absolute atomic E-state index is 0.149. The Balaban J connectivity index is 4.08. The molecule has 0 rings (SSSR count). The lowest BCUT2D eigenvalue weighted by atomic mass is 10.1. The number of carbonyl (C=O) groups excluding carboxylic acids is 1. The fourth-order valence-electron chi connectivity index (χ4n) is 0.998. The zero-order valence-electron chi connectivity index (χ0n) is 8.92. The molecule has 0 aliphatic heterocycles. The Morgan fingerprint density at radius 3 is 2.79 bits per heavy atom. The van der Waals surface area contributed by atoms with Crippen molar-refractivity contribution in [3.05, 3.63) is 11.6 Å². The first-order valence-corrected chi connectivity index (χ1v) is 4.78. The number of nitrogens with zero attached hydrogens (tertiary/aromatic N) is 1. The summed E-state index contributed by atoms with van der Waals surface area (Å²) in [5, 5.41) is 1.04. The van der Waals surface area contributed by atoms with Gasteiger partial charge in [-0.15, -0.1) is 6.42 Å². The molecule has 3 heteroatoms. The second-order valence-electron chi connectivity index (χ2n) is 3.26. The maximum atomic E-state index is 11.3. The Bertz CT molecular complexity index is 251. The van der Waals surface area contributed by atoms with Gasteiger partial charge in [0.1, 0.15) is 0 Å². The van der Waals surface area contributed by atoms with Crippen molar-refractivity contribution in [1.29, 1.82) is 0 Å². The molecule has 0 radical (unpaired) electrons. The molecule has 2 N–H and O–H groups in total. The largest absolute Gasteiger partial charge is 0.268 e. The van der Waals surface area contributed by atoms with Crippen LogP contribution in [0.15, 0.2) is 11.6 Å². The molecule has 0 aromatic carbocycles. The molecular weight excluding hydrogens is 176 g/mol. The molecule has 0 aromatic rings. The SMILES string of the molecule is C#CCN(N)C(=O)/C=C(\C)CCCC. The molecule has 0 heterocycles. The van der Waals surface area contributed by atoms with Gasteiger partial charge in [0.25, 0.3) is 5.91 Å². The number of carbonyl (C=O) groups is 1. The van der Waals surface area contributed by atoms with Gasteiger partial charge in [-0.25, -0.2) is 5.84 Å². The van der Waals surface area contributed by atoms with Crippen LogP contribution >= 0.6 is 0 Å². The second-order valence-corrected chi connectivity index (χ2v) is 3.26. The van der Waals surface area contributed by atoms with Crippen LogP contribution < -0.4 is 5.84 Å². The normalized spacial score (nSPS) is 10.9.